The molecule has 1 atom stereocenters. The first kappa shape index (κ1) is 9.92. The fraction of sp³-hybridized carbons (Fsp3) is 0.333. The topological polar surface area (TPSA) is 164 Å². The Morgan fingerprint density at radius 1 is 1.67 bits per heavy atom. The number of nitriles is 1. The van der Waals surface area contributed by atoms with Gasteiger partial charge in [-0.15, -0.1) is 0 Å². The molecule has 1 heterocycles. The lowest BCUT2D eigenvalue weighted by molar-refractivity contribution is -0.534. The Morgan fingerprint density at radius 2 is 2.25 bits per heavy atom. The molecular formula is C3H4N6O3. The van der Waals surface area contributed by atoms with Crippen LogP contribution < -0.4 is 11.3 Å². The van der Waals surface area contributed by atoms with E-state index in [-0.39, 0.29) is 11.1 Å². The first-order chi connectivity index (χ1) is 5.10. The minimum Gasteiger partial charge on any atom is -0.671 e. The quantitative estimate of drug-likeness (QED) is 0.382. The maximum atomic E-state index is 10.2. The highest BCUT2D eigenvalue weighted by molar-refractivity contribution is 5.80. The van der Waals surface area contributed by atoms with E-state index in [1.165, 1.54) is 6.07 Å². The van der Waals surface area contributed by atoms with Crippen molar-refractivity contribution >= 4 is 5.97 Å². The second kappa shape index (κ2) is 2.89. The third-order valence-corrected chi connectivity index (χ3v) is 0.937. The summed E-state index contributed by atoms with van der Waals surface area (Å²) in [5, 5.41) is 36.8. The van der Waals surface area contributed by atoms with Gasteiger partial charge in [0, 0.05) is 0 Å². The number of carbonyl (C=O) groups excluding carboxylic acids is 1. The van der Waals surface area contributed by atoms with Crippen LogP contribution in [0.1, 0.15) is 0 Å². The smallest absolute Gasteiger partial charge is 0.427 e. The number of nitrogens with zero attached hydrogens (tertiary/aromatic N) is 5. The van der Waals surface area contributed by atoms with Crippen LogP contribution in [0.4, 0.5) is 0 Å². The van der Waals surface area contributed by atoms with Crippen molar-refractivity contribution < 1.29 is 14.9 Å². The lowest BCUT2D eigenvalue weighted by Crippen LogP contribution is -2.43. The van der Waals surface area contributed by atoms with Crippen LogP contribution in [-0.2, 0) is 4.79 Å². The second-order valence-electron chi connectivity index (χ2n) is 1.61. The lowest BCUT2D eigenvalue weighted by Gasteiger charge is -2.03. The molecule has 1 rings (SSSR count). The van der Waals surface area contributed by atoms with Crippen LogP contribution in [0.3, 0.4) is 0 Å². The minimum absolute atomic E-state index is 0. The van der Waals surface area contributed by atoms with Crippen LogP contribution in [0.5, 0.6) is 0 Å². The summed E-state index contributed by atoms with van der Waals surface area (Å²) in [5.41, 5.74) is -2.48. The van der Waals surface area contributed by atoms with Crippen molar-refractivity contribution in [3.8, 4) is 6.07 Å². The van der Waals surface area contributed by atoms with E-state index in [1.54, 1.807) is 0 Å². The Morgan fingerprint density at radius 3 is 2.42 bits per heavy atom. The molecule has 0 saturated carbocycles. The highest BCUT2D eigenvalue weighted by Crippen LogP contribution is 2.17. The maximum absolute atomic E-state index is 10.2. The van der Waals surface area contributed by atoms with Gasteiger partial charge in [-0.1, -0.05) is 0 Å². The van der Waals surface area contributed by atoms with Crippen molar-refractivity contribution in [1.82, 2.24) is 6.15 Å². The molecule has 12 heavy (non-hydrogen) atoms. The summed E-state index contributed by atoms with van der Waals surface area (Å²) in [4.78, 5) is 9.81. The molecule has 0 aromatic carbocycles. The predicted molar refractivity (Wildman–Crippen MR) is 30.2 cm³/mol. The molecular weight excluding hydrogens is 168 g/mol. The number of hydrogen-bond acceptors (Lipinski definition) is 7. The first-order valence-electron chi connectivity index (χ1n) is 2.36. The van der Waals surface area contributed by atoms with E-state index in [0.717, 1.165) is 0 Å². The molecule has 9 heteroatoms. The van der Waals surface area contributed by atoms with E-state index in [1.807, 2.05) is 0 Å². The van der Waals surface area contributed by atoms with E-state index < -0.39 is 11.6 Å². The van der Waals surface area contributed by atoms with E-state index in [4.69, 9.17) is 5.26 Å². The van der Waals surface area contributed by atoms with E-state index >= 15 is 0 Å². The molecule has 0 amide bonds. The molecule has 0 bridgehead atoms. The van der Waals surface area contributed by atoms with Crippen molar-refractivity contribution in [3.05, 3.63) is 5.21 Å². The first-order valence-corrected chi connectivity index (χ1v) is 2.36. The third kappa shape index (κ3) is 1.18. The average molecular weight is 172 g/mol. The summed E-state index contributed by atoms with van der Waals surface area (Å²) in [6, 6.07) is 1.18. The highest BCUT2D eigenvalue weighted by Gasteiger charge is 2.45. The molecule has 9 nitrogen and oxygen atoms in total. The largest absolute Gasteiger partial charge is 0.671 e. The van der Waals surface area contributed by atoms with Crippen molar-refractivity contribution in [2.45, 2.75) is 5.66 Å². The molecule has 0 aliphatic carbocycles. The molecule has 1 unspecified atom stereocenters. The molecule has 0 fully saturated rings. The van der Waals surface area contributed by atoms with Gasteiger partial charge in [0.05, 0.1) is 5.11 Å². The van der Waals surface area contributed by atoms with Gasteiger partial charge in [0.2, 0.25) is 0 Å². The van der Waals surface area contributed by atoms with E-state index in [2.05, 4.69) is 15.5 Å². The Hall–Kier alpha value is -2.08. The number of carboxylic acid groups (broad SMARTS) is 1. The standard InChI is InChI=1S/C3HN5O3.H3N/c4-1-3(2(9)10)5-7-8(11)6-3;/h(H,9,10);1H3. The molecule has 0 saturated heterocycles. The fourth-order valence-electron chi connectivity index (χ4n) is 0.439. The number of hydrogen-bond donors (Lipinski definition) is 1. The molecule has 64 valence electrons. The number of quaternary nitrogens is 1. The van der Waals surface area contributed by atoms with Crippen LogP contribution in [0, 0.1) is 16.5 Å². The molecule has 0 radical (unpaired) electrons. The van der Waals surface area contributed by atoms with E-state index in [0.29, 0.717) is 0 Å². The van der Waals surface area contributed by atoms with Crippen molar-refractivity contribution in [2.75, 3.05) is 0 Å². The number of aliphatic carboxylic acids is 1. The van der Waals surface area contributed by atoms with Crippen LogP contribution in [0.15, 0.2) is 15.5 Å². The maximum Gasteiger partial charge on any atom is 0.427 e. The van der Waals surface area contributed by atoms with Crippen LogP contribution in [-0.4, -0.2) is 16.6 Å². The summed E-state index contributed by atoms with van der Waals surface area (Å²) < 4.78 is 0. The van der Waals surface area contributed by atoms with Crippen molar-refractivity contribution in [2.24, 2.45) is 15.5 Å². The molecule has 0 spiro atoms. The lowest BCUT2D eigenvalue weighted by atomic mass is 10.2. The normalized spacial score (nSPS) is 25.4. The van der Waals surface area contributed by atoms with Gasteiger partial charge in [0.25, 0.3) is 0 Å². The Balaban J connectivity index is 0.00000121. The predicted octanol–water partition coefficient (Wildman–Crippen LogP) is -1.32. The Bertz CT molecular complexity index is 302. The van der Waals surface area contributed by atoms with Gasteiger partial charge in [-0.25, -0.2) is 0 Å². The van der Waals surface area contributed by atoms with Crippen LogP contribution in [0.2, 0.25) is 0 Å². The molecule has 1 aliphatic heterocycles. The summed E-state index contributed by atoms with van der Waals surface area (Å²) in [5.74, 6) is -1.87. The van der Waals surface area contributed by atoms with Gasteiger partial charge in [-0.3, -0.25) is 0 Å². The highest BCUT2D eigenvalue weighted by atomic mass is 16.5. The average Bonchev–Trinajstić information content (AvgIpc) is 2.33. The summed E-state index contributed by atoms with van der Waals surface area (Å²) in [7, 11) is 0. The van der Waals surface area contributed by atoms with Gasteiger partial charge in [0.1, 0.15) is 5.97 Å². The van der Waals surface area contributed by atoms with Gasteiger partial charge >= 0.3 is 5.66 Å². The van der Waals surface area contributed by atoms with Crippen molar-refractivity contribution in [1.29, 1.82) is 5.26 Å². The SMILES string of the molecule is N#CC1(C(=O)[O-])N=N[N+]([O-])=N1.[NH4+]. The van der Waals surface area contributed by atoms with Gasteiger partial charge in [-0.2, -0.15) is 5.26 Å². The number of carbonyl (C=O) groups is 1. The van der Waals surface area contributed by atoms with Crippen molar-refractivity contribution in [3.63, 3.8) is 0 Å². The zero-order chi connectivity index (χ0) is 8.48. The zero-order valence-electron chi connectivity index (χ0n) is 5.96. The minimum atomic E-state index is -2.48. The van der Waals surface area contributed by atoms with Gasteiger partial charge in [-0.05, 0) is 10.1 Å². The molecule has 4 N–H and O–H groups in total. The number of rotatable bonds is 1. The van der Waals surface area contributed by atoms with E-state index in [9.17, 15) is 15.1 Å². The number of carboxylic acids is 1. The Labute approximate surface area is 65.8 Å². The fourth-order valence-corrected chi connectivity index (χ4v) is 0.439. The van der Waals surface area contributed by atoms with Crippen LogP contribution >= 0.6 is 0 Å². The Kier molecular flexibility index (Phi) is 2.39. The van der Waals surface area contributed by atoms with Gasteiger partial charge < -0.3 is 21.3 Å². The monoisotopic (exact) mass is 172 g/mol. The van der Waals surface area contributed by atoms with Gasteiger partial charge in [0.15, 0.2) is 11.3 Å². The molecule has 1 aliphatic rings. The summed E-state index contributed by atoms with van der Waals surface area (Å²) in [6.07, 6.45) is 0. The third-order valence-electron chi connectivity index (χ3n) is 0.937. The molecule has 0 aromatic heterocycles. The molecule has 0 aromatic rings. The zero-order valence-corrected chi connectivity index (χ0v) is 5.96. The summed E-state index contributed by atoms with van der Waals surface area (Å²) in [6.45, 7) is 0. The van der Waals surface area contributed by atoms with Crippen LogP contribution in [0.25, 0.3) is 0 Å². The second-order valence-corrected chi connectivity index (χ2v) is 1.61. The summed E-state index contributed by atoms with van der Waals surface area (Å²) >= 11 is 0.